The van der Waals surface area contributed by atoms with E-state index in [9.17, 15) is 34.8 Å². The molecule has 14 nitrogen and oxygen atoms in total. The van der Waals surface area contributed by atoms with Crippen molar-refractivity contribution in [3.63, 3.8) is 0 Å². The second-order valence-electron chi connectivity index (χ2n) is 9.77. The van der Waals surface area contributed by atoms with Crippen LogP contribution in [0.15, 0.2) is 24.4 Å². The van der Waals surface area contributed by atoms with Crippen molar-refractivity contribution in [1.29, 1.82) is 0 Å². The summed E-state index contributed by atoms with van der Waals surface area (Å²) < 4.78 is 23.9. The Kier molecular flexibility index (Phi) is 7.72. The van der Waals surface area contributed by atoms with Crippen LogP contribution in [0.3, 0.4) is 0 Å². The Balaban J connectivity index is 1.39. The van der Waals surface area contributed by atoms with E-state index < -0.39 is 57.3 Å². The number of aromatic nitrogens is 4. The predicted molar refractivity (Wildman–Crippen MR) is 137 cm³/mol. The number of hydrogen-bond donors (Lipinski definition) is 7. The molecule has 7 N–H and O–H groups in total. The number of aliphatic hydroxyl groups excluding tert-OH is 4. The van der Waals surface area contributed by atoms with Gasteiger partial charge in [0.2, 0.25) is 10.6 Å². The number of nitrogens with one attached hydrogen (secondary N) is 1. The number of rotatable bonds is 9. The van der Waals surface area contributed by atoms with Crippen LogP contribution < -0.4 is 5.32 Å². The molecule has 1 aliphatic carbocycles. The highest BCUT2D eigenvalue weighted by Gasteiger charge is 2.51. The molecule has 16 heteroatoms. The normalized spacial score (nSPS) is 25.4. The SMILES string of the molecule is Cc1ccc2c(c1)CCC2Nc1nc(Cl)nc2c1cnn2[C@@H]1O[C@H](COC(CO)(CO)P(=O)(O)O)[C@@H](O)[C@H]1O. The van der Waals surface area contributed by atoms with Gasteiger partial charge in [-0.3, -0.25) is 4.57 Å². The Bertz CT molecular complexity index is 1410. The summed E-state index contributed by atoms with van der Waals surface area (Å²) in [5, 5.41) is 45.7. The lowest BCUT2D eigenvalue weighted by molar-refractivity contribution is -0.121. The summed E-state index contributed by atoms with van der Waals surface area (Å²) in [5.41, 5.74) is 3.82. The van der Waals surface area contributed by atoms with Crippen molar-refractivity contribution in [1.82, 2.24) is 19.7 Å². The molecule has 2 aromatic heterocycles. The van der Waals surface area contributed by atoms with Crippen LogP contribution in [-0.2, 0) is 20.5 Å². The van der Waals surface area contributed by atoms with Crippen molar-refractivity contribution in [2.45, 2.75) is 55.7 Å². The highest BCUT2D eigenvalue weighted by Crippen LogP contribution is 2.51. The number of fused-ring (bicyclic) bond motifs is 2. The molecular formula is C23H29ClN5O9P. The lowest BCUT2D eigenvalue weighted by atomic mass is 10.1. The van der Waals surface area contributed by atoms with Gasteiger partial charge in [0.05, 0.1) is 37.4 Å². The maximum Gasteiger partial charge on any atom is 0.361 e. The topological polar surface area (TPSA) is 213 Å². The summed E-state index contributed by atoms with van der Waals surface area (Å²) in [6.45, 7) is -1.00. The first kappa shape index (κ1) is 28.3. The van der Waals surface area contributed by atoms with Gasteiger partial charge in [-0.05, 0) is 42.5 Å². The highest BCUT2D eigenvalue weighted by molar-refractivity contribution is 7.53. The average molecular weight is 586 g/mol. The Morgan fingerprint density at radius 2 is 1.97 bits per heavy atom. The minimum Gasteiger partial charge on any atom is -0.393 e. The second kappa shape index (κ2) is 10.6. The number of hydrogen-bond acceptors (Lipinski definition) is 11. The van der Waals surface area contributed by atoms with E-state index in [4.69, 9.17) is 21.1 Å². The molecule has 3 aromatic rings. The van der Waals surface area contributed by atoms with Crippen LogP contribution in [-0.4, -0.2) is 93.4 Å². The lowest BCUT2D eigenvalue weighted by Gasteiger charge is -2.31. The molecule has 212 valence electrons. The third-order valence-electron chi connectivity index (χ3n) is 7.23. The average Bonchev–Trinajstić information content (AvgIpc) is 3.56. The minimum atomic E-state index is -5.12. The highest BCUT2D eigenvalue weighted by atomic mass is 35.5. The molecule has 2 aliphatic rings. The molecule has 3 heterocycles. The Morgan fingerprint density at radius 3 is 2.67 bits per heavy atom. The Hall–Kier alpha value is -2.23. The van der Waals surface area contributed by atoms with Crippen molar-refractivity contribution < 1.29 is 44.3 Å². The van der Waals surface area contributed by atoms with E-state index in [0.717, 1.165) is 18.4 Å². The minimum absolute atomic E-state index is 0.0119. The molecule has 5 rings (SSSR count). The van der Waals surface area contributed by atoms with E-state index in [0.29, 0.717) is 11.2 Å². The molecule has 1 fully saturated rings. The van der Waals surface area contributed by atoms with Crippen LogP contribution in [0.4, 0.5) is 5.82 Å². The summed E-state index contributed by atoms with van der Waals surface area (Å²) >= 11 is 6.24. The Labute approximate surface area is 227 Å². The first-order valence-electron chi connectivity index (χ1n) is 12.2. The molecule has 5 atom stereocenters. The van der Waals surface area contributed by atoms with Gasteiger partial charge in [0.1, 0.15) is 24.1 Å². The van der Waals surface area contributed by atoms with Gasteiger partial charge < -0.3 is 45.0 Å². The van der Waals surface area contributed by atoms with E-state index >= 15 is 0 Å². The molecule has 0 bridgehead atoms. The van der Waals surface area contributed by atoms with Crippen molar-refractivity contribution >= 4 is 36.0 Å². The van der Waals surface area contributed by atoms with Crippen LogP contribution >= 0.6 is 19.2 Å². The molecule has 1 aromatic carbocycles. The number of nitrogens with zero attached hydrogens (tertiary/aromatic N) is 4. The molecule has 0 radical (unpaired) electrons. The van der Waals surface area contributed by atoms with Crippen LogP contribution in [0.25, 0.3) is 11.0 Å². The summed E-state index contributed by atoms with van der Waals surface area (Å²) in [6, 6.07) is 6.28. The first-order valence-corrected chi connectivity index (χ1v) is 14.2. The first-order chi connectivity index (χ1) is 18.5. The van der Waals surface area contributed by atoms with Crippen molar-refractivity contribution in [2.75, 3.05) is 25.1 Å². The summed E-state index contributed by atoms with van der Waals surface area (Å²) in [5.74, 6) is 0.430. The molecule has 1 saturated heterocycles. The van der Waals surface area contributed by atoms with Gasteiger partial charge in [-0.2, -0.15) is 15.1 Å². The van der Waals surface area contributed by atoms with E-state index in [1.807, 2.05) is 6.92 Å². The lowest BCUT2D eigenvalue weighted by Crippen LogP contribution is -2.44. The fourth-order valence-electron chi connectivity index (χ4n) is 4.97. The monoisotopic (exact) mass is 585 g/mol. The number of aryl methyl sites for hydroxylation is 2. The molecule has 39 heavy (non-hydrogen) atoms. The largest absolute Gasteiger partial charge is 0.393 e. The number of anilines is 1. The maximum atomic E-state index is 11.8. The van der Waals surface area contributed by atoms with E-state index in [1.54, 1.807) is 0 Å². The van der Waals surface area contributed by atoms with Crippen LogP contribution in [0.1, 0.15) is 35.4 Å². The predicted octanol–water partition coefficient (Wildman–Crippen LogP) is 0.382. The van der Waals surface area contributed by atoms with Gasteiger partial charge in [-0.1, -0.05) is 23.8 Å². The van der Waals surface area contributed by atoms with Gasteiger partial charge in [0.15, 0.2) is 11.9 Å². The third-order valence-corrected chi connectivity index (χ3v) is 8.88. The molecule has 0 amide bonds. The van der Waals surface area contributed by atoms with E-state index in [2.05, 4.69) is 38.6 Å². The smallest absolute Gasteiger partial charge is 0.361 e. The zero-order valence-electron chi connectivity index (χ0n) is 20.8. The molecule has 1 aliphatic heterocycles. The molecule has 0 saturated carbocycles. The van der Waals surface area contributed by atoms with Gasteiger partial charge in [-0.25, -0.2) is 4.68 Å². The van der Waals surface area contributed by atoms with Crippen LogP contribution in [0.5, 0.6) is 0 Å². The zero-order valence-corrected chi connectivity index (χ0v) is 22.4. The Morgan fingerprint density at radius 1 is 1.23 bits per heavy atom. The van der Waals surface area contributed by atoms with Crippen molar-refractivity contribution in [2.24, 2.45) is 0 Å². The standard InChI is InChI=1S/C23H29ClN5O9P/c1-11-2-4-13-12(6-11)3-5-15(13)26-19-14-7-25-29(20(14)28-22(24)27-19)21-18(33)17(32)16(38-21)8-37-23(9-30,10-31)39(34,35)36/h2,4,6-7,15-18,21,30-33H,3,5,8-10H2,1H3,(H,26,27,28)(H2,34,35,36)/t15?,16-,17-,18-,21-/m1/s1. The number of aliphatic hydroxyl groups is 4. The molecular weight excluding hydrogens is 557 g/mol. The molecule has 0 spiro atoms. The van der Waals surface area contributed by atoms with Crippen LogP contribution in [0, 0.1) is 6.92 Å². The van der Waals surface area contributed by atoms with Gasteiger partial charge in [0.25, 0.3) is 0 Å². The fraction of sp³-hybridized carbons (Fsp3) is 0.522. The zero-order chi connectivity index (χ0) is 28.1. The van der Waals surface area contributed by atoms with Gasteiger partial charge >= 0.3 is 7.60 Å². The number of benzene rings is 1. The second-order valence-corrected chi connectivity index (χ2v) is 12.0. The summed E-state index contributed by atoms with van der Waals surface area (Å²) in [7, 11) is -5.12. The quantitative estimate of drug-likeness (QED) is 0.134. The molecule has 1 unspecified atom stereocenters. The summed E-state index contributed by atoms with van der Waals surface area (Å²) in [6.07, 6.45) is -2.42. The fourth-order valence-corrected chi connectivity index (χ4v) is 5.75. The van der Waals surface area contributed by atoms with Crippen LogP contribution in [0.2, 0.25) is 5.28 Å². The number of ether oxygens (including phenoxy) is 2. The van der Waals surface area contributed by atoms with E-state index in [1.165, 1.54) is 22.0 Å². The summed E-state index contributed by atoms with van der Waals surface area (Å²) in [4.78, 5) is 27.6. The number of halogens is 1. The van der Waals surface area contributed by atoms with Gasteiger partial charge in [0, 0.05) is 0 Å². The van der Waals surface area contributed by atoms with Crippen molar-refractivity contribution in [3.8, 4) is 0 Å². The van der Waals surface area contributed by atoms with Gasteiger partial charge in [-0.15, -0.1) is 0 Å². The maximum absolute atomic E-state index is 11.8. The van der Waals surface area contributed by atoms with Crippen molar-refractivity contribution in [3.05, 3.63) is 46.4 Å². The van der Waals surface area contributed by atoms with E-state index in [-0.39, 0.29) is 17.0 Å². The third kappa shape index (κ3) is 5.06.